The summed E-state index contributed by atoms with van der Waals surface area (Å²) in [5.74, 6) is -1.79. The van der Waals surface area contributed by atoms with Crippen LogP contribution in [0.25, 0.3) is 0 Å². The minimum absolute atomic E-state index is 0.284. The van der Waals surface area contributed by atoms with Crippen LogP contribution in [0, 0.1) is 5.92 Å². The van der Waals surface area contributed by atoms with Crippen LogP contribution in [0.3, 0.4) is 0 Å². The zero-order valence-corrected chi connectivity index (χ0v) is 11.1. The Labute approximate surface area is 112 Å². The van der Waals surface area contributed by atoms with E-state index in [4.69, 9.17) is 10.8 Å². The molecule has 0 spiro atoms. The number of carbonyl (C=O) groups excluding carboxylic acids is 2. The maximum Gasteiger partial charge on any atom is 0.323 e. The third kappa shape index (κ3) is 6.22. The van der Waals surface area contributed by atoms with Gasteiger partial charge in [0.05, 0.1) is 6.54 Å². The summed E-state index contributed by atoms with van der Waals surface area (Å²) in [4.78, 5) is 34.7. The van der Waals surface area contributed by atoms with Gasteiger partial charge in [0.2, 0.25) is 11.8 Å². The normalized spacial score (nSPS) is 16.6. The monoisotopic (exact) mass is 270 g/mol. The van der Waals surface area contributed by atoms with Gasteiger partial charge < -0.3 is 15.7 Å². The highest BCUT2D eigenvalue weighted by Crippen LogP contribution is 2.25. The number of amides is 2. The molecule has 0 aliphatic heterocycles. The van der Waals surface area contributed by atoms with Crippen molar-refractivity contribution in [2.24, 2.45) is 11.7 Å². The zero-order chi connectivity index (χ0) is 14.3. The minimum atomic E-state index is -1.13. The van der Waals surface area contributed by atoms with Crippen molar-refractivity contribution in [2.75, 3.05) is 13.1 Å². The second-order valence-electron chi connectivity index (χ2n) is 5.17. The lowest BCUT2D eigenvalue weighted by Crippen LogP contribution is -2.42. The van der Waals surface area contributed by atoms with E-state index in [-0.39, 0.29) is 12.5 Å². The lowest BCUT2D eigenvalue weighted by Gasteiger charge is -2.22. The van der Waals surface area contributed by atoms with Gasteiger partial charge in [-0.3, -0.25) is 14.4 Å². The van der Waals surface area contributed by atoms with Crippen LogP contribution in [0.4, 0.5) is 0 Å². The predicted molar refractivity (Wildman–Crippen MR) is 69.2 cm³/mol. The van der Waals surface area contributed by atoms with Gasteiger partial charge in [-0.1, -0.05) is 25.7 Å². The fourth-order valence-corrected chi connectivity index (χ4v) is 2.53. The highest BCUT2D eigenvalue weighted by molar-refractivity contribution is 5.86. The third-order valence-electron chi connectivity index (χ3n) is 3.46. The molecule has 0 bridgehead atoms. The van der Waals surface area contributed by atoms with Gasteiger partial charge in [0.1, 0.15) is 6.54 Å². The number of primary amides is 1. The fraction of sp³-hybridized carbons (Fsp3) is 0.769. The van der Waals surface area contributed by atoms with E-state index in [1.165, 1.54) is 12.8 Å². The van der Waals surface area contributed by atoms with E-state index in [1.54, 1.807) is 0 Å². The smallest absolute Gasteiger partial charge is 0.323 e. The van der Waals surface area contributed by atoms with E-state index in [0.29, 0.717) is 12.3 Å². The van der Waals surface area contributed by atoms with Gasteiger partial charge in [-0.25, -0.2) is 0 Å². The summed E-state index contributed by atoms with van der Waals surface area (Å²) < 4.78 is 0. The van der Waals surface area contributed by atoms with Crippen LogP contribution in [0.5, 0.6) is 0 Å². The van der Waals surface area contributed by atoms with Gasteiger partial charge in [0.15, 0.2) is 0 Å². The number of nitrogens with zero attached hydrogens (tertiary/aromatic N) is 1. The van der Waals surface area contributed by atoms with E-state index >= 15 is 0 Å². The van der Waals surface area contributed by atoms with Gasteiger partial charge in [-0.2, -0.15) is 0 Å². The first-order chi connectivity index (χ1) is 8.99. The molecule has 0 saturated heterocycles. The average Bonchev–Trinajstić information content (AvgIpc) is 2.55. The summed E-state index contributed by atoms with van der Waals surface area (Å²) in [6.07, 6.45) is 6.96. The Kier molecular flexibility index (Phi) is 6.32. The molecule has 1 saturated carbocycles. The van der Waals surface area contributed by atoms with Crippen LogP contribution in [0.2, 0.25) is 0 Å². The molecule has 0 heterocycles. The number of carbonyl (C=O) groups is 3. The zero-order valence-electron chi connectivity index (χ0n) is 11.1. The number of carboxylic acid groups (broad SMARTS) is 1. The summed E-state index contributed by atoms with van der Waals surface area (Å²) in [7, 11) is 0. The SMILES string of the molecule is NC(=O)CN(CC(=O)O)C(=O)CC1CCCCCC1. The molecule has 0 atom stereocenters. The molecule has 1 aliphatic carbocycles. The average molecular weight is 270 g/mol. The predicted octanol–water partition coefficient (Wildman–Crippen LogP) is 0.745. The Balaban J connectivity index is 2.53. The van der Waals surface area contributed by atoms with E-state index in [1.807, 2.05) is 0 Å². The third-order valence-corrected chi connectivity index (χ3v) is 3.46. The summed E-state index contributed by atoms with van der Waals surface area (Å²) in [5, 5.41) is 8.75. The first kappa shape index (κ1) is 15.5. The summed E-state index contributed by atoms with van der Waals surface area (Å²) in [5.41, 5.74) is 5.04. The Morgan fingerprint density at radius 2 is 1.63 bits per heavy atom. The van der Waals surface area contributed by atoms with Crippen molar-refractivity contribution in [1.82, 2.24) is 4.90 Å². The topological polar surface area (TPSA) is 101 Å². The largest absolute Gasteiger partial charge is 0.480 e. The molecule has 0 aromatic rings. The van der Waals surface area contributed by atoms with Crippen molar-refractivity contribution < 1.29 is 19.5 Å². The van der Waals surface area contributed by atoms with E-state index in [9.17, 15) is 14.4 Å². The molecule has 0 unspecified atom stereocenters. The van der Waals surface area contributed by atoms with E-state index in [2.05, 4.69) is 0 Å². The summed E-state index contributed by atoms with van der Waals surface area (Å²) >= 11 is 0. The van der Waals surface area contributed by atoms with E-state index < -0.39 is 18.4 Å². The second kappa shape index (κ2) is 7.76. The van der Waals surface area contributed by atoms with Gasteiger partial charge >= 0.3 is 5.97 Å². The molecular weight excluding hydrogens is 248 g/mol. The van der Waals surface area contributed by atoms with Gasteiger partial charge in [0, 0.05) is 6.42 Å². The molecule has 2 amide bonds. The Bertz CT molecular complexity index is 320. The summed E-state index contributed by atoms with van der Waals surface area (Å²) in [6, 6.07) is 0. The summed E-state index contributed by atoms with van der Waals surface area (Å²) in [6.45, 7) is -0.785. The van der Waals surface area contributed by atoms with Crippen LogP contribution in [-0.4, -0.2) is 40.9 Å². The second-order valence-corrected chi connectivity index (χ2v) is 5.17. The maximum absolute atomic E-state index is 12.0. The fourth-order valence-electron chi connectivity index (χ4n) is 2.53. The van der Waals surface area contributed by atoms with Crippen LogP contribution >= 0.6 is 0 Å². The molecule has 0 radical (unpaired) electrons. The van der Waals surface area contributed by atoms with E-state index in [0.717, 1.165) is 30.6 Å². The first-order valence-corrected chi connectivity index (χ1v) is 6.77. The van der Waals surface area contributed by atoms with Gasteiger partial charge in [-0.05, 0) is 18.8 Å². The van der Waals surface area contributed by atoms with Crippen molar-refractivity contribution >= 4 is 17.8 Å². The first-order valence-electron chi connectivity index (χ1n) is 6.77. The van der Waals surface area contributed by atoms with Crippen molar-refractivity contribution in [3.8, 4) is 0 Å². The molecule has 0 aromatic carbocycles. The molecule has 19 heavy (non-hydrogen) atoms. The standard InChI is InChI=1S/C13H22N2O4/c14-11(16)8-15(9-13(18)19)12(17)7-10-5-3-1-2-4-6-10/h10H,1-9H2,(H2,14,16)(H,18,19). The molecular formula is C13H22N2O4. The molecule has 108 valence electrons. The number of nitrogens with two attached hydrogens (primary N) is 1. The lowest BCUT2D eigenvalue weighted by atomic mass is 9.96. The molecule has 0 aromatic heterocycles. The van der Waals surface area contributed by atoms with Crippen molar-refractivity contribution in [2.45, 2.75) is 44.9 Å². The number of hydrogen-bond acceptors (Lipinski definition) is 3. The van der Waals surface area contributed by atoms with Crippen LogP contribution in [0.1, 0.15) is 44.9 Å². The maximum atomic E-state index is 12.0. The highest BCUT2D eigenvalue weighted by atomic mass is 16.4. The lowest BCUT2D eigenvalue weighted by molar-refractivity contribution is -0.146. The molecule has 1 rings (SSSR count). The highest BCUT2D eigenvalue weighted by Gasteiger charge is 2.23. The van der Waals surface area contributed by atoms with Crippen LogP contribution in [0.15, 0.2) is 0 Å². The Hall–Kier alpha value is -1.59. The van der Waals surface area contributed by atoms with Crippen molar-refractivity contribution in [3.63, 3.8) is 0 Å². The molecule has 3 N–H and O–H groups in total. The molecule has 6 nitrogen and oxygen atoms in total. The molecule has 6 heteroatoms. The van der Waals surface area contributed by atoms with Crippen LogP contribution in [-0.2, 0) is 14.4 Å². The van der Waals surface area contributed by atoms with Gasteiger partial charge in [0.25, 0.3) is 0 Å². The minimum Gasteiger partial charge on any atom is -0.480 e. The number of aliphatic carboxylic acids is 1. The Morgan fingerprint density at radius 3 is 2.11 bits per heavy atom. The number of hydrogen-bond donors (Lipinski definition) is 2. The van der Waals surface area contributed by atoms with Gasteiger partial charge in [-0.15, -0.1) is 0 Å². The quantitative estimate of drug-likeness (QED) is 0.695. The van der Waals surface area contributed by atoms with Crippen LogP contribution < -0.4 is 5.73 Å². The van der Waals surface area contributed by atoms with Crippen molar-refractivity contribution in [1.29, 1.82) is 0 Å². The molecule has 1 aliphatic rings. The number of rotatable bonds is 6. The molecule has 1 fully saturated rings. The Morgan fingerprint density at radius 1 is 1.05 bits per heavy atom. The van der Waals surface area contributed by atoms with Crippen molar-refractivity contribution in [3.05, 3.63) is 0 Å². The number of carboxylic acids is 1.